The molecule has 1 saturated carbocycles. The van der Waals surface area contributed by atoms with E-state index in [1.54, 1.807) is 0 Å². The van der Waals surface area contributed by atoms with Crippen molar-refractivity contribution in [2.45, 2.75) is 31.8 Å². The van der Waals surface area contributed by atoms with Crippen molar-refractivity contribution in [3.05, 3.63) is 0 Å². The molecule has 0 atom stereocenters. The minimum absolute atomic E-state index is 0.355. The van der Waals surface area contributed by atoms with Crippen molar-refractivity contribution >= 4 is 0 Å². The molecule has 2 aliphatic rings. The molecule has 1 saturated heterocycles. The van der Waals surface area contributed by atoms with Crippen molar-refractivity contribution in [1.82, 2.24) is 9.80 Å². The summed E-state index contributed by atoms with van der Waals surface area (Å²) in [6, 6.07) is 0. The Morgan fingerprint density at radius 2 is 1.72 bits per heavy atom. The van der Waals surface area contributed by atoms with Gasteiger partial charge in [0.1, 0.15) is 0 Å². The topological polar surface area (TPSA) is 35.9 Å². The quantitative estimate of drug-likeness (QED) is 0.789. The Morgan fingerprint density at radius 3 is 2.33 bits per heavy atom. The van der Waals surface area contributed by atoms with Gasteiger partial charge in [0, 0.05) is 39.3 Å². The molecule has 106 valence electrons. The van der Waals surface area contributed by atoms with Gasteiger partial charge in [-0.3, -0.25) is 4.90 Å². The second-order valence-corrected chi connectivity index (χ2v) is 5.84. The summed E-state index contributed by atoms with van der Waals surface area (Å²) in [4.78, 5) is 4.88. The molecule has 1 N–H and O–H groups in total. The molecule has 2 rings (SSSR count). The molecule has 0 spiro atoms. The van der Waals surface area contributed by atoms with Crippen LogP contribution in [0, 0.1) is 5.92 Å². The fourth-order valence-electron chi connectivity index (χ4n) is 2.90. The lowest BCUT2D eigenvalue weighted by Crippen LogP contribution is -2.45. The highest BCUT2D eigenvalue weighted by Gasteiger charge is 2.21. The van der Waals surface area contributed by atoms with E-state index in [4.69, 9.17) is 9.84 Å². The first-order chi connectivity index (χ1) is 8.78. The van der Waals surface area contributed by atoms with Gasteiger partial charge in [0.15, 0.2) is 0 Å². The SMILES string of the molecule is CN1CCN(CCOC2CCC(CO)CC2)CC1. The molecular formula is C14H28N2O2. The summed E-state index contributed by atoms with van der Waals surface area (Å²) in [5.74, 6) is 0.530. The summed E-state index contributed by atoms with van der Waals surface area (Å²) in [6.45, 7) is 7.03. The molecule has 0 unspecified atom stereocenters. The summed E-state index contributed by atoms with van der Waals surface area (Å²) in [5, 5.41) is 9.09. The van der Waals surface area contributed by atoms with E-state index in [0.717, 1.165) is 38.8 Å². The van der Waals surface area contributed by atoms with Gasteiger partial charge in [-0.25, -0.2) is 0 Å². The molecule has 4 nitrogen and oxygen atoms in total. The van der Waals surface area contributed by atoms with Gasteiger partial charge in [-0.05, 0) is 38.6 Å². The van der Waals surface area contributed by atoms with Crippen molar-refractivity contribution in [3.8, 4) is 0 Å². The third-order valence-corrected chi connectivity index (χ3v) is 4.41. The van der Waals surface area contributed by atoms with E-state index in [9.17, 15) is 0 Å². The van der Waals surface area contributed by atoms with Crippen LogP contribution in [-0.4, -0.2) is 74.0 Å². The van der Waals surface area contributed by atoms with E-state index in [1.807, 2.05) is 0 Å². The Hall–Kier alpha value is -0.160. The number of rotatable bonds is 5. The van der Waals surface area contributed by atoms with Crippen LogP contribution in [-0.2, 0) is 4.74 Å². The van der Waals surface area contributed by atoms with Crippen molar-refractivity contribution in [2.24, 2.45) is 5.92 Å². The largest absolute Gasteiger partial charge is 0.396 e. The molecule has 0 aromatic heterocycles. The molecule has 1 aliphatic heterocycles. The van der Waals surface area contributed by atoms with Crippen LogP contribution in [0.1, 0.15) is 25.7 Å². The summed E-state index contributed by atoms with van der Waals surface area (Å²) < 4.78 is 5.97. The lowest BCUT2D eigenvalue weighted by molar-refractivity contribution is -0.00236. The monoisotopic (exact) mass is 256 g/mol. The minimum atomic E-state index is 0.355. The van der Waals surface area contributed by atoms with Crippen LogP contribution in [0.2, 0.25) is 0 Å². The smallest absolute Gasteiger partial charge is 0.0597 e. The second-order valence-electron chi connectivity index (χ2n) is 5.84. The molecule has 4 heteroatoms. The summed E-state index contributed by atoms with van der Waals surface area (Å²) in [6.07, 6.45) is 4.98. The first-order valence-corrected chi connectivity index (χ1v) is 7.41. The van der Waals surface area contributed by atoms with Crippen LogP contribution in [0.5, 0.6) is 0 Å². The fourth-order valence-corrected chi connectivity index (χ4v) is 2.90. The predicted octanol–water partition coefficient (Wildman–Crippen LogP) is 0.802. The highest BCUT2D eigenvalue weighted by molar-refractivity contribution is 4.73. The van der Waals surface area contributed by atoms with Gasteiger partial charge < -0.3 is 14.7 Å². The number of likely N-dealkylation sites (N-methyl/N-ethyl adjacent to an activating group) is 1. The average molecular weight is 256 g/mol. The Bertz CT molecular complexity index is 222. The van der Waals surface area contributed by atoms with Gasteiger partial charge in [-0.1, -0.05) is 0 Å². The zero-order valence-corrected chi connectivity index (χ0v) is 11.7. The highest BCUT2D eigenvalue weighted by atomic mass is 16.5. The molecule has 0 aromatic carbocycles. The van der Waals surface area contributed by atoms with E-state index < -0.39 is 0 Å². The van der Waals surface area contributed by atoms with Gasteiger partial charge in [-0.15, -0.1) is 0 Å². The van der Waals surface area contributed by atoms with Gasteiger partial charge >= 0.3 is 0 Å². The third kappa shape index (κ3) is 4.50. The van der Waals surface area contributed by atoms with Crippen molar-refractivity contribution in [1.29, 1.82) is 0 Å². The van der Waals surface area contributed by atoms with Crippen LogP contribution in [0.4, 0.5) is 0 Å². The van der Waals surface area contributed by atoms with Crippen molar-refractivity contribution in [2.75, 3.05) is 53.0 Å². The van der Waals surface area contributed by atoms with Gasteiger partial charge in [0.05, 0.1) is 12.7 Å². The predicted molar refractivity (Wildman–Crippen MR) is 72.7 cm³/mol. The zero-order chi connectivity index (χ0) is 12.8. The molecule has 1 heterocycles. The molecule has 0 radical (unpaired) electrons. The number of aliphatic hydroxyl groups is 1. The van der Waals surface area contributed by atoms with E-state index in [2.05, 4.69) is 16.8 Å². The summed E-state index contributed by atoms with van der Waals surface area (Å²) in [5.41, 5.74) is 0. The van der Waals surface area contributed by atoms with Crippen LogP contribution in [0.15, 0.2) is 0 Å². The number of hydrogen-bond acceptors (Lipinski definition) is 4. The van der Waals surface area contributed by atoms with E-state index in [-0.39, 0.29) is 0 Å². The number of piperazine rings is 1. The van der Waals surface area contributed by atoms with Crippen LogP contribution < -0.4 is 0 Å². The first-order valence-electron chi connectivity index (χ1n) is 7.41. The van der Waals surface area contributed by atoms with Gasteiger partial charge in [0.25, 0.3) is 0 Å². The van der Waals surface area contributed by atoms with Crippen LogP contribution in [0.3, 0.4) is 0 Å². The maximum atomic E-state index is 9.09. The normalized spacial score (nSPS) is 31.7. The highest BCUT2D eigenvalue weighted by Crippen LogP contribution is 2.25. The Balaban J connectivity index is 1.53. The Morgan fingerprint density at radius 1 is 1.06 bits per heavy atom. The molecule has 2 fully saturated rings. The number of ether oxygens (including phenoxy) is 1. The first kappa shape index (κ1) is 14.3. The zero-order valence-electron chi connectivity index (χ0n) is 11.7. The molecule has 18 heavy (non-hydrogen) atoms. The van der Waals surface area contributed by atoms with Crippen LogP contribution in [0.25, 0.3) is 0 Å². The molecule has 0 aromatic rings. The van der Waals surface area contributed by atoms with Gasteiger partial charge in [-0.2, -0.15) is 0 Å². The molecule has 0 amide bonds. The van der Waals surface area contributed by atoms with Crippen LogP contribution >= 0.6 is 0 Å². The number of nitrogens with zero attached hydrogens (tertiary/aromatic N) is 2. The second kappa shape index (κ2) is 7.43. The van der Waals surface area contributed by atoms with E-state index in [1.165, 1.54) is 26.2 Å². The molecule has 0 bridgehead atoms. The van der Waals surface area contributed by atoms with Gasteiger partial charge in [0.2, 0.25) is 0 Å². The maximum Gasteiger partial charge on any atom is 0.0597 e. The molecular weight excluding hydrogens is 228 g/mol. The standard InChI is InChI=1S/C14H28N2O2/c1-15-6-8-16(9-7-15)10-11-18-14-4-2-13(12-17)3-5-14/h13-14,17H,2-12H2,1H3. The fraction of sp³-hybridized carbons (Fsp3) is 1.00. The summed E-state index contributed by atoms with van der Waals surface area (Å²) >= 11 is 0. The number of hydrogen-bond donors (Lipinski definition) is 1. The maximum absolute atomic E-state index is 9.09. The lowest BCUT2D eigenvalue weighted by atomic mass is 9.88. The van der Waals surface area contributed by atoms with E-state index >= 15 is 0 Å². The average Bonchev–Trinajstić information content (AvgIpc) is 2.42. The summed E-state index contributed by atoms with van der Waals surface area (Å²) in [7, 11) is 2.19. The Labute approximate surface area is 111 Å². The Kier molecular flexibility index (Phi) is 5.89. The van der Waals surface area contributed by atoms with E-state index in [0.29, 0.717) is 18.6 Å². The lowest BCUT2D eigenvalue weighted by Gasteiger charge is -2.33. The minimum Gasteiger partial charge on any atom is -0.396 e. The third-order valence-electron chi connectivity index (χ3n) is 4.41. The molecule has 1 aliphatic carbocycles. The van der Waals surface area contributed by atoms with Crippen molar-refractivity contribution < 1.29 is 9.84 Å². The van der Waals surface area contributed by atoms with Crippen molar-refractivity contribution in [3.63, 3.8) is 0 Å². The number of aliphatic hydroxyl groups excluding tert-OH is 1.